The number of hydrogen-bond donors (Lipinski definition) is 2. The predicted octanol–water partition coefficient (Wildman–Crippen LogP) is 2.93. The lowest BCUT2D eigenvalue weighted by Gasteiger charge is -2.06. The van der Waals surface area contributed by atoms with Crippen molar-refractivity contribution in [2.24, 2.45) is 0 Å². The molecule has 2 N–H and O–H groups in total. The second-order valence-corrected chi connectivity index (χ2v) is 6.00. The Kier molecular flexibility index (Phi) is 7.16. The Morgan fingerprint density at radius 1 is 1.12 bits per heavy atom. The van der Waals surface area contributed by atoms with E-state index in [0.717, 1.165) is 17.8 Å². The van der Waals surface area contributed by atoms with Crippen molar-refractivity contribution in [1.82, 2.24) is 10.9 Å². The number of hydrogen-bond acceptors (Lipinski definition) is 4. The van der Waals surface area contributed by atoms with Crippen LogP contribution in [0.3, 0.4) is 0 Å². The summed E-state index contributed by atoms with van der Waals surface area (Å²) in [6, 6.07) is 10.3. The molecular formula is C18H16F2N2O3S. The Morgan fingerprint density at radius 3 is 2.58 bits per heavy atom. The van der Waals surface area contributed by atoms with Crippen LogP contribution in [0.2, 0.25) is 0 Å². The highest BCUT2D eigenvalue weighted by Gasteiger charge is 2.07. The van der Waals surface area contributed by atoms with Gasteiger partial charge >= 0.3 is 0 Å². The minimum atomic E-state index is -0.592. The van der Waals surface area contributed by atoms with Gasteiger partial charge in [-0.25, -0.2) is 8.78 Å². The van der Waals surface area contributed by atoms with E-state index in [4.69, 9.17) is 4.74 Å². The van der Waals surface area contributed by atoms with Gasteiger partial charge in [-0.2, -0.15) is 0 Å². The van der Waals surface area contributed by atoms with E-state index in [9.17, 15) is 18.4 Å². The zero-order chi connectivity index (χ0) is 18.9. The van der Waals surface area contributed by atoms with Gasteiger partial charge in [-0.1, -0.05) is 18.2 Å². The number of halogens is 2. The largest absolute Gasteiger partial charge is 0.494 e. The zero-order valence-electron chi connectivity index (χ0n) is 13.8. The second kappa shape index (κ2) is 9.57. The molecule has 0 bridgehead atoms. The van der Waals surface area contributed by atoms with Crippen LogP contribution in [0.5, 0.6) is 5.75 Å². The number of nitrogens with one attached hydrogen (secondary N) is 2. The van der Waals surface area contributed by atoms with Crippen molar-refractivity contribution in [3.8, 4) is 5.75 Å². The molecule has 2 aromatic rings. The first-order chi connectivity index (χ1) is 12.5. The van der Waals surface area contributed by atoms with Crippen LogP contribution in [0.15, 0.2) is 53.4 Å². The van der Waals surface area contributed by atoms with Gasteiger partial charge in [0.15, 0.2) is 11.6 Å². The van der Waals surface area contributed by atoms with Gasteiger partial charge in [0.25, 0.3) is 5.91 Å². The van der Waals surface area contributed by atoms with Crippen molar-refractivity contribution in [3.63, 3.8) is 0 Å². The molecule has 5 nitrogen and oxygen atoms in total. The molecule has 0 aliphatic rings. The number of rotatable bonds is 6. The third kappa shape index (κ3) is 5.89. The molecule has 0 aromatic heterocycles. The minimum absolute atomic E-state index is 0.0609. The van der Waals surface area contributed by atoms with E-state index in [1.807, 2.05) is 0 Å². The lowest BCUT2D eigenvalue weighted by molar-refractivity contribution is -0.125. The molecule has 0 heterocycles. The molecule has 0 aliphatic carbocycles. The molecule has 2 amide bonds. The van der Waals surface area contributed by atoms with E-state index in [-0.39, 0.29) is 11.5 Å². The van der Waals surface area contributed by atoms with Crippen molar-refractivity contribution in [3.05, 3.63) is 65.7 Å². The molecule has 136 valence electrons. The molecule has 2 aromatic carbocycles. The Balaban J connectivity index is 1.78. The van der Waals surface area contributed by atoms with Crippen molar-refractivity contribution >= 4 is 29.7 Å². The van der Waals surface area contributed by atoms with Gasteiger partial charge in [0.05, 0.1) is 12.9 Å². The van der Waals surface area contributed by atoms with Crippen LogP contribution < -0.4 is 15.6 Å². The number of benzene rings is 2. The average Bonchev–Trinajstić information content (AvgIpc) is 2.64. The third-order valence-corrected chi connectivity index (χ3v) is 4.17. The molecule has 0 saturated carbocycles. The fraction of sp³-hybridized carbons (Fsp3) is 0.111. The van der Waals surface area contributed by atoms with Gasteiger partial charge in [-0.3, -0.25) is 20.4 Å². The van der Waals surface area contributed by atoms with Gasteiger partial charge in [-0.05, 0) is 35.9 Å². The van der Waals surface area contributed by atoms with E-state index in [1.165, 1.54) is 31.4 Å². The molecule has 0 aliphatic heterocycles. The van der Waals surface area contributed by atoms with Gasteiger partial charge in [0, 0.05) is 11.0 Å². The number of methoxy groups -OCH3 is 1. The van der Waals surface area contributed by atoms with Crippen molar-refractivity contribution in [2.45, 2.75) is 4.90 Å². The summed E-state index contributed by atoms with van der Waals surface area (Å²) < 4.78 is 31.8. The maximum atomic E-state index is 13.5. The van der Waals surface area contributed by atoms with E-state index >= 15 is 0 Å². The number of carbonyl (C=O) groups excluding carboxylic acids is 2. The Hall–Kier alpha value is -2.87. The third-order valence-electron chi connectivity index (χ3n) is 3.12. The van der Waals surface area contributed by atoms with Gasteiger partial charge in [0.1, 0.15) is 5.82 Å². The Bertz CT molecular complexity index is 828. The standard InChI is InChI=1S/C18H16F2N2O3S/c1-25-15-8-6-12(10-14(15)20)7-9-17(23)21-22-18(24)11-26-16-5-3-2-4-13(16)19/h2-10H,11H2,1H3,(H,21,23)(H,22,24)/b9-7+. The van der Waals surface area contributed by atoms with Crippen molar-refractivity contribution in [2.75, 3.05) is 12.9 Å². The van der Waals surface area contributed by atoms with Crippen LogP contribution in [0, 0.1) is 11.6 Å². The lowest BCUT2D eigenvalue weighted by atomic mass is 10.2. The van der Waals surface area contributed by atoms with Crippen LogP contribution in [-0.2, 0) is 9.59 Å². The summed E-state index contributed by atoms with van der Waals surface area (Å²) in [5, 5.41) is 0. The van der Waals surface area contributed by atoms with Crippen molar-refractivity contribution < 1.29 is 23.1 Å². The summed E-state index contributed by atoms with van der Waals surface area (Å²) in [6.45, 7) is 0. The fourth-order valence-corrected chi connectivity index (χ4v) is 2.61. The molecule has 0 atom stereocenters. The summed E-state index contributed by atoms with van der Waals surface area (Å²) in [4.78, 5) is 23.7. The minimum Gasteiger partial charge on any atom is -0.494 e. The first-order valence-corrected chi connectivity index (χ1v) is 8.46. The highest BCUT2D eigenvalue weighted by Crippen LogP contribution is 2.20. The lowest BCUT2D eigenvalue weighted by Crippen LogP contribution is -2.41. The van der Waals surface area contributed by atoms with E-state index in [0.29, 0.717) is 10.5 Å². The molecule has 26 heavy (non-hydrogen) atoms. The number of hydrazine groups is 1. The topological polar surface area (TPSA) is 67.4 Å². The maximum Gasteiger partial charge on any atom is 0.262 e. The highest BCUT2D eigenvalue weighted by molar-refractivity contribution is 8.00. The monoisotopic (exact) mass is 378 g/mol. The number of ether oxygens (including phenoxy) is 1. The molecule has 0 fully saturated rings. The summed E-state index contributed by atoms with van der Waals surface area (Å²) >= 11 is 1.01. The molecule has 0 spiro atoms. The second-order valence-electron chi connectivity index (χ2n) is 4.98. The fourth-order valence-electron chi connectivity index (χ4n) is 1.87. The molecule has 0 radical (unpaired) electrons. The number of amides is 2. The molecule has 8 heteroatoms. The summed E-state index contributed by atoms with van der Waals surface area (Å²) in [5.41, 5.74) is 4.86. The SMILES string of the molecule is COc1ccc(/C=C/C(=O)NNC(=O)CSc2ccccc2F)cc1F. The zero-order valence-corrected chi connectivity index (χ0v) is 14.6. The van der Waals surface area contributed by atoms with Crippen LogP contribution in [-0.4, -0.2) is 24.7 Å². The highest BCUT2D eigenvalue weighted by atomic mass is 32.2. The molecule has 0 saturated heterocycles. The first kappa shape index (κ1) is 19.5. The summed E-state index contributed by atoms with van der Waals surface area (Å²) in [7, 11) is 1.36. The molecular weight excluding hydrogens is 362 g/mol. The number of carbonyl (C=O) groups is 2. The smallest absolute Gasteiger partial charge is 0.262 e. The van der Waals surface area contributed by atoms with Gasteiger partial charge in [0.2, 0.25) is 5.91 Å². The van der Waals surface area contributed by atoms with Crippen LogP contribution in [0.4, 0.5) is 8.78 Å². The van der Waals surface area contributed by atoms with E-state index in [1.54, 1.807) is 24.3 Å². The Labute approximate surface area is 153 Å². The van der Waals surface area contributed by atoms with Gasteiger partial charge < -0.3 is 4.74 Å². The normalized spacial score (nSPS) is 10.6. The van der Waals surface area contributed by atoms with E-state index < -0.39 is 23.4 Å². The average molecular weight is 378 g/mol. The Morgan fingerprint density at radius 2 is 1.88 bits per heavy atom. The van der Waals surface area contributed by atoms with Crippen molar-refractivity contribution in [1.29, 1.82) is 0 Å². The van der Waals surface area contributed by atoms with E-state index in [2.05, 4.69) is 10.9 Å². The van der Waals surface area contributed by atoms with Gasteiger partial charge in [-0.15, -0.1) is 11.8 Å². The van der Waals surface area contributed by atoms with Crippen LogP contribution in [0.25, 0.3) is 6.08 Å². The molecule has 0 unspecified atom stereocenters. The summed E-state index contributed by atoms with van der Waals surface area (Å²) in [6.07, 6.45) is 2.53. The van der Waals surface area contributed by atoms with Crippen LogP contribution in [0.1, 0.15) is 5.56 Å². The maximum absolute atomic E-state index is 13.5. The predicted molar refractivity (Wildman–Crippen MR) is 95.4 cm³/mol. The quantitative estimate of drug-likeness (QED) is 0.461. The molecule has 2 rings (SSSR count). The first-order valence-electron chi connectivity index (χ1n) is 7.47. The summed E-state index contributed by atoms with van der Waals surface area (Å²) in [5.74, 6) is -2.00. The number of thioether (sulfide) groups is 1. The van der Waals surface area contributed by atoms with Crippen LogP contribution >= 0.6 is 11.8 Å².